The van der Waals surface area contributed by atoms with E-state index in [1.54, 1.807) is 18.2 Å². The maximum absolute atomic E-state index is 12.6. The van der Waals surface area contributed by atoms with Crippen LogP contribution in [0.4, 0.5) is 10.8 Å². The number of hydrogen-bond donors (Lipinski definition) is 2. The molecule has 2 aromatic carbocycles. The van der Waals surface area contributed by atoms with Gasteiger partial charge in [-0.15, -0.1) is 10.2 Å². The van der Waals surface area contributed by atoms with E-state index in [0.29, 0.717) is 11.3 Å². The van der Waals surface area contributed by atoms with E-state index >= 15 is 0 Å². The highest BCUT2D eigenvalue weighted by Crippen LogP contribution is 2.25. The van der Waals surface area contributed by atoms with Gasteiger partial charge in [0.2, 0.25) is 5.13 Å². The predicted octanol–water partition coefficient (Wildman–Crippen LogP) is 3.52. The molecule has 7 nitrogen and oxygen atoms in total. The zero-order chi connectivity index (χ0) is 19.6. The number of benzene rings is 2. The Balaban J connectivity index is 1.77. The first-order valence-electron chi connectivity index (χ1n) is 8.06. The molecule has 27 heavy (non-hydrogen) atoms. The van der Waals surface area contributed by atoms with Crippen molar-refractivity contribution in [1.82, 2.24) is 10.2 Å². The number of hydrogen-bond acceptors (Lipinski definition) is 6. The van der Waals surface area contributed by atoms with Crippen LogP contribution >= 0.6 is 11.3 Å². The van der Waals surface area contributed by atoms with Crippen LogP contribution in [0.25, 0.3) is 0 Å². The number of carbonyl (C=O) groups is 1. The van der Waals surface area contributed by atoms with Crippen molar-refractivity contribution in [1.29, 1.82) is 0 Å². The van der Waals surface area contributed by atoms with Crippen LogP contribution < -0.4 is 10.0 Å². The second-order valence-corrected chi connectivity index (χ2v) is 8.95. The summed E-state index contributed by atoms with van der Waals surface area (Å²) in [4.78, 5) is 12.2. The van der Waals surface area contributed by atoms with Gasteiger partial charge in [0.05, 0.1) is 5.69 Å². The molecule has 1 heterocycles. The number of aryl methyl sites for hydroxylation is 3. The van der Waals surface area contributed by atoms with Gasteiger partial charge in [0.25, 0.3) is 20.3 Å². The molecule has 1 amide bonds. The number of aromatic nitrogens is 2. The van der Waals surface area contributed by atoms with E-state index in [1.165, 1.54) is 0 Å². The highest BCUT2D eigenvalue weighted by atomic mass is 32.2. The molecule has 1 aromatic heterocycles. The summed E-state index contributed by atoms with van der Waals surface area (Å²) in [7, 11) is -3.89. The Labute approximate surface area is 161 Å². The van der Waals surface area contributed by atoms with Crippen LogP contribution in [0, 0.1) is 20.8 Å². The lowest BCUT2D eigenvalue weighted by molar-refractivity contribution is 0.102. The van der Waals surface area contributed by atoms with Gasteiger partial charge in [-0.3, -0.25) is 14.8 Å². The molecule has 0 atom stereocenters. The first-order chi connectivity index (χ1) is 12.7. The smallest absolute Gasteiger partial charge is 0.291 e. The second kappa shape index (κ2) is 7.45. The van der Waals surface area contributed by atoms with E-state index in [0.717, 1.165) is 28.0 Å². The van der Waals surface area contributed by atoms with Crippen LogP contribution in [-0.4, -0.2) is 24.5 Å². The molecule has 0 aliphatic heterocycles. The van der Waals surface area contributed by atoms with Gasteiger partial charge in [-0.05, 0) is 50.1 Å². The van der Waals surface area contributed by atoms with Crippen molar-refractivity contribution in [2.75, 3.05) is 10.0 Å². The van der Waals surface area contributed by atoms with Crippen molar-refractivity contribution >= 4 is 38.1 Å². The van der Waals surface area contributed by atoms with Gasteiger partial charge in [0.15, 0.2) is 0 Å². The van der Waals surface area contributed by atoms with Gasteiger partial charge in [0.1, 0.15) is 0 Å². The second-order valence-electron chi connectivity index (χ2n) is 6.12. The lowest BCUT2D eigenvalue weighted by Crippen LogP contribution is -2.13. The fourth-order valence-electron chi connectivity index (χ4n) is 2.28. The highest BCUT2D eigenvalue weighted by molar-refractivity contribution is 7.94. The zero-order valence-electron chi connectivity index (χ0n) is 15.0. The summed E-state index contributed by atoms with van der Waals surface area (Å²) in [5.41, 5.74) is 3.70. The lowest BCUT2D eigenvalue weighted by atomic mass is 10.1. The largest absolute Gasteiger partial charge is 0.296 e. The quantitative estimate of drug-likeness (QED) is 0.636. The van der Waals surface area contributed by atoms with E-state index in [2.05, 4.69) is 20.2 Å². The van der Waals surface area contributed by atoms with Crippen molar-refractivity contribution in [2.24, 2.45) is 0 Å². The molecule has 0 saturated heterocycles. The molecule has 3 aromatic rings. The molecular formula is C18H18N4O3S2. The van der Waals surface area contributed by atoms with Gasteiger partial charge in [-0.2, -0.15) is 8.42 Å². The maximum Gasteiger partial charge on any atom is 0.291 e. The third-order valence-corrected chi connectivity index (χ3v) is 6.38. The minimum absolute atomic E-state index is 0.113. The molecule has 0 aliphatic rings. The predicted molar refractivity (Wildman–Crippen MR) is 106 cm³/mol. The standard InChI is InChI=1S/C18H18N4O3S2/c1-11-5-8-14(9-6-11)16(23)19-17-20-21-18(26-17)27(24,25)22-15-10-12(2)4-7-13(15)3/h4-10,22H,1-3H3,(H,19,20,23). The molecule has 0 radical (unpaired) electrons. The first kappa shape index (κ1) is 19.0. The molecule has 9 heteroatoms. The van der Waals surface area contributed by atoms with Gasteiger partial charge >= 0.3 is 0 Å². The number of carbonyl (C=O) groups excluding carboxylic acids is 1. The first-order valence-corrected chi connectivity index (χ1v) is 10.4. The average Bonchev–Trinajstić information content (AvgIpc) is 3.08. The van der Waals surface area contributed by atoms with Gasteiger partial charge in [-0.25, -0.2) is 0 Å². The lowest BCUT2D eigenvalue weighted by Gasteiger charge is -2.09. The van der Waals surface area contributed by atoms with Gasteiger partial charge in [0, 0.05) is 5.56 Å². The van der Waals surface area contributed by atoms with Crippen LogP contribution in [0.2, 0.25) is 0 Å². The number of amides is 1. The van der Waals surface area contributed by atoms with Crippen LogP contribution in [-0.2, 0) is 10.0 Å². The van der Waals surface area contributed by atoms with Crippen molar-refractivity contribution < 1.29 is 13.2 Å². The fraction of sp³-hybridized carbons (Fsp3) is 0.167. The molecule has 0 unspecified atom stereocenters. The molecule has 0 saturated carbocycles. The number of nitrogens with zero attached hydrogens (tertiary/aromatic N) is 2. The zero-order valence-corrected chi connectivity index (χ0v) is 16.6. The highest BCUT2D eigenvalue weighted by Gasteiger charge is 2.22. The van der Waals surface area contributed by atoms with Crippen LogP contribution in [0.15, 0.2) is 46.8 Å². The summed E-state index contributed by atoms with van der Waals surface area (Å²) in [6.07, 6.45) is 0. The van der Waals surface area contributed by atoms with Crippen LogP contribution in [0.3, 0.4) is 0 Å². The fourth-order valence-corrected chi connectivity index (χ4v) is 4.30. The Morgan fingerprint density at radius 1 is 0.963 bits per heavy atom. The molecule has 0 spiro atoms. The molecule has 3 rings (SSSR count). The topological polar surface area (TPSA) is 101 Å². The van der Waals surface area contributed by atoms with E-state index in [-0.39, 0.29) is 15.4 Å². The van der Waals surface area contributed by atoms with Crippen LogP contribution in [0.5, 0.6) is 0 Å². The van der Waals surface area contributed by atoms with Crippen molar-refractivity contribution in [3.8, 4) is 0 Å². The van der Waals surface area contributed by atoms with Gasteiger partial charge in [-0.1, -0.05) is 41.2 Å². The number of sulfonamides is 1. The molecular weight excluding hydrogens is 384 g/mol. The Bertz CT molecular complexity index is 1090. The summed E-state index contributed by atoms with van der Waals surface area (Å²) in [5, 5.41) is 10.1. The summed E-state index contributed by atoms with van der Waals surface area (Å²) in [6, 6.07) is 12.5. The van der Waals surface area contributed by atoms with E-state index in [9.17, 15) is 13.2 Å². The summed E-state index contributed by atoms with van der Waals surface area (Å²) in [6.45, 7) is 5.61. The number of rotatable bonds is 5. The van der Waals surface area contributed by atoms with E-state index in [1.807, 2.05) is 45.0 Å². The molecule has 0 bridgehead atoms. The number of nitrogens with one attached hydrogen (secondary N) is 2. The average molecular weight is 403 g/mol. The van der Waals surface area contributed by atoms with Gasteiger partial charge < -0.3 is 0 Å². The summed E-state index contributed by atoms with van der Waals surface area (Å²) in [5.74, 6) is -0.377. The maximum atomic E-state index is 12.6. The van der Waals surface area contributed by atoms with Crippen molar-refractivity contribution in [3.63, 3.8) is 0 Å². The Kier molecular flexibility index (Phi) is 5.24. The monoisotopic (exact) mass is 402 g/mol. The summed E-state index contributed by atoms with van der Waals surface area (Å²) < 4.78 is 27.4. The molecule has 0 aliphatic carbocycles. The third-order valence-electron chi connectivity index (χ3n) is 3.81. The molecule has 0 fully saturated rings. The Hall–Kier alpha value is -2.78. The minimum Gasteiger partial charge on any atom is -0.296 e. The normalized spacial score (nSPS) is 11.2. The van der Waals surface area contributed by atoms with E-state index < -0.39 is 10.0 Å². The van der Waals surface area contributed by atoms with E-state index in [4.69, 9.17) is 0 Å². The molecule has 140 valence electrons. The Morgan fingerprint density at radius 3 is 2.33 bits per heavy atom. The SMILES string of the molecule is Cc1ccc(C(=O)Nc2nnc(S(=O)(=O)Nc3cc(C)ccc3C)s2)cc1. The van der Waals surface area contributed by atoms with Crippen molar-refractivity contribution in [3.05, 3.63) is 64.7 Å². The van der Waals surface area contributed by atoms with Crippen LogP contribution in [0.1, 0.15) is 27.0 Å². The minimum atomic E-state index is -3.89. The van der Waals surface area contributed by atoms with Crippen molar-refractivity contribution in [2.45, 2.75) is 25.1 Å². The summed E-state index contributed by atoms with van der Waals surface area (Å²) >= 11 is 0.791. The Morgan fingerprint density at radius 2 is 1.63 bits per heavy atom. The third kappa shape index (κ3) is 4.50. The molecule has 2 N–H and O–H groups in total. The number of anilines is 2.